The summed E-state index contributed by atoms with van der Waals surface area (Å²) in [6.07, 6.45) is 2.44. The van der Waals surface area contributed by atoms with Crippen LogP contribution in [0.25, 0.3) is 21.9 Å². The Morgan fingerprint density at radius 1 is 0.800 bits per heavy atom. The maximum Gasteiger partial charge on any atom is 1.00 e. The molecule has 1 saturated heterocycles. The van der Waals surface area contributed by atoms with Crippen LogP contribution in [0, 0.1) is 0 Å². The molecular formula is C44H40ClNNa2O12. The molecule has 302 valence electrons. The summed E-state index contributed by atoms with van der Waals surface area (Å²) in [5.41, 5.74) is 0.454. The summed E-state index contributed by atoms with van der Waals surface area (Å²) in [5.74, 6) is -4.44. The Kier molecular flexibility index (Phi) is 18.0. The second kappa shape index (κ2) is 22.2. The van der Waals surface area contributed by atoms with Crippen molar-refractivity contribution in [3.05, 3.63) is 151 Å². The van der Waals surface area contributed by atoms with Crippen LogP contribution in [-0.2, 0) is 10.3 Å². The fourth-order valence-corrected chi connectivity index (χ4v) is 6.94. The van der Waals surface area contributed by atoms with E-state index in [9.17, 15) is 34.5 Å². The molecule has 2 aromatic heterocycles. The molecule has 0 amide bonds. The minimum absolute atomic E-state index is 0. The van der Waals surface area contributed by atoms with E-state index in [1.807, 2.05) is 18.2 Å². The first-order valence-electron chi connectivity index (χ1n) is 18.5. The van der Waals surface area contributed by atoms with Gasteiger partial charge in [-0.1, -0.05) is 66.2 Å². The zero-order valence-corrected chi connectivity index (χ0v) is 38.4. The number of rotatable bonds is 14. The molecule has 6 aromatic rings. The quantitative estimate of drug-likeness (QED) is 0.126. The van der Waals surface area contributed by atoms with Crippen molar-refractivity contribution in [2.45, 2.75) is 43.9 Å². The van der Waals surface area contributed by atoms with Gasteiger partial charge < -0.3 is 52.9 Å². The van der Waals surface area contributed by atoms with Crippen LogP contribution < -0.4 is 89.7 Å². The van der Waals surface area contributed by atoms with Crippen molar-refractivity contribution in [1.82, 2.24) is 4.90 Å². The number of nitrogens with zero attached hydrogens (tertiary/aromatic N) is 1. The van der Waals surface area contributed by atoms with Gasteiger partial charge in [0.05, 0.1) is 0 Å². The molecule has 0 spiro atoms. The minimum atomic E-state index is -1.64. The standard InChI is InChI=1S/C23H16O11.C21H26ClNO.2Na/c24-11(9-31-14-3-1-5-16-20(14)12(25)7-18(33-16)22(27)28)10-32-15-4-2-6-17-21(15)13(26)8-19(34-17)23(29)30;1-21(17-7-4-3-5-8-17,18-10-12-19(22)13-11-18)24-16-14-20-9-6-15-23(20)2;;/h1-8,11,24H,9-10H2,(H,27,28)(H,29,30);3-5,7-8,10-13,20H,6,9,14-16H2,1-2H3;;/q;;2*+1/p-2/t;20-,21-;;/m.1../s1. The van der Waals surface area contributed by atoms with Gasteiger partial charge in [0.2, 0.25) is 0 Å². The Balaban J connectivity index is 0.000000270. The monoisotopic (exact) mass is 855 g/mol. The van der Waals surface area contributed by atoms with Crippen LogP contribution >= 0.6 is 11.6 Å². The number of hydrogen-bond acceptors (Lipinski definition) is 13. The number of carbonyl (C=O) groups is 2. The Morgan fingerprint density at radius 2 is 1.30 bits per heavy atom. The molecule has 0 saturated carbocycles. The number of likely N-dealkylation sites (tertiary alicyclic amines) is 1. The van der Waals surface area contributed by atoms with Gasteiger partial charge in [-0.3, -0.25) is 9.59 Å². The Bertz CT molecular complexity index is 2400. The predicted octanol–water partition coefficient (Wildman–Crippen LogP) is -1.44. The molecule has 1 aliphatic rings. The summed E-state index contributed by atoms with van der Waals surface area (Å²) in [4.78, 5) is 49.0. The number of aromatic carboxylic acids is 2. The first-order valence-corrected chi connectivity index (χ1v) is 18.9. The zero-order chi connectivity index (χ0) is 41.4. The number of benzene rings is 4. The maximum absolute atomic E-state index is 12.3. The van der Waals surface area contributed by atoms with Gasteiger partial charge >= 0.3 is 59.1 Å². The third kappa shape index (κ3) is 11.9. The fraction of sp³-hybridized carbons (Fsp3) is 0.273. The van der Waals surface area contributed by atoms with Gasteiger partial charge in [-0.2, -0.15) is 0 Å². The number of aliphatic hydroxyl groups is 1. The van der Waals surface area contributed by atoms with E-state index in [2.05, 4.69) is 55.3 Å². The molecule has 1 aliphatic heterocycles. The molecule has 60 heavy (non-hydrogen) atoms. The molecule has 3 heterocycles. The first-order chi connectivity index (χ1) is 27.8. The van der Waals surface area contributed by atoms with Crippen molar-refractivity contribution in [2.24, 2.45) is 0 Å². The summed E-state index contributed by atoms with van der Waals surface area (Å²) >= 11 is 6.07. The van der Waals surface area contributed by atoms with E-state index in [1.165, 1.54) is 61.3 Å². The maximum atomic E-state index is 12.3. The predicted molar refractivity (Wildman–Crippen MR) is 211 cm³/mol. The molecule has 0 aliphatic carbocycles. The summed E-state index contributed by atoms with van der Waals surface area (Å²) in [7, 11) is 2.22. The number of ether oxygens (including phenoxy) is 3. The van der Waals surface area contributed by atoms with Gasteiger partial charge in [-0.05, 0) is 87.3 Å². The third-order valence-electron chi connectivity index (χ3n) is 9.93. The van der Waals surface area contributed by atoms with Crippen molar-refractivity contribution >= 4 is 45.5 Å². The molecule has 16 heteroatoms. The third-order valence-corrected chi connectivity index (χ3v) is 10.2. The summed E-state index contributed by atoms with van der Waals surface area (Å²) in [6.45, 7) is 3.47. The normalized spacial score (nSPS) is 14.7. The Hall–Kier alpha value is -3.99. The number of carboxylic acid groups (broad SMARTS) is 2. The molecule has 0 bridgehead atoms. The van der Waals surface area contributed by atoms with Crippen molar-refractivity contribution in [1.29, 1.82) is 0 Å². The van der Waals surface area contributed by atoms with Gasteiger partial charge in [-0.25, -0.2) is 0 Å². The molecule has 4 aromatic carbocycles. The number of fused-ring (bicyclic) bond motifs is 2. The molecular weight excluding hydrogens is 816 g/mol. The topological polar surface area (TPSA) is 192 Å². The van der Waals surface area contributed by atoms with Crippen LogP contribution in [0.3, 0.4) is 0 Å². The van der Waals surface area contributed by atoms with Crippen LogP contribution in [0.5, 0.6) is 11.5 Å². The van der Waals surface area contributed by atoms with Crippen LogP contribution in [-0.4, -0.2) is 67.5 Å². The van der Waals surface area contributed by atoms with Gasteiger partial charge in [-0.15, -0.1) is 0 Å². The van der Waals surface area contributed by atoms with E-state index < -0.39 is 46.0 Å². The van der Waals surface area contributed by atoms with Crippen LogP contribution in [0.1, 0.15) is 58.4 Å². The van der Waals surface area contributed by atoms with E-state index in [1.54, 1.807) is 0 Å². The second-order valence-corrected chi connectivity index (χ2v) is 14.3. The van der Waals surface area contributed by atoms with Crippen LogP contribution in [0.2, 0.25) is 5.02 Å². The number of halogens is 1. The average Bonchev–Trinajstić information content (AvgIpc) is 3.63. The molecule has 13 nitrogen and oxygen atoms in total. The van der Waals surface area contributed by atoms with Crippen molar-refractivity contribution in [3.8, 4) is 11.5 Å². The number of carboxylic acids is 2. The van der Waals surface area contributed by atoms with E-state index in [0.29, 0.717) is 6.04 Å². The zero-order valence-electron chi connectivity index (χ0n) is 33.7. The van der Waals surface area contributed by atoms with E-state index in [0.717, 1.165) is 35.7 Å². The van der Waals surface area contributed by atoms with Gasteiger partial charge in [0.15, 0.2) is 22.4 Å². The number of hydrogen-bond donors (Lipinski definition) is 1. The molecule has 1 N–H and O–H groups in total. The van der Waals surface area contributed by atoms with Crippen LogP contribution in [0.15, 0.2) is 122 Å². The first kappa shape index (κ1) is 48.7. The molecule has 2 atom stereocenters. The Morgan fingerprint density at radius 3 is 1.77 bits per heavy atom. The van der Waals surface area contributed by atoms with Crippen molar-refractivity contribution in [2.75, 3.05) is 33.4 Å². The van der Waals surface area contributed by atoms with Gasteiger partial charge in [0.25, 0.3) is 0 Å². The van der Waals surface area contributed by atoms with Crippen molar-refractivity contribution in [3.63, 3.8) is 0 Å². The number of aliphatic hydroxyl groups excluding tert-OH is 1. The minimum Gasteiger partial charge on any atom is -0.542 e. The van der Waals surface area contributed by atoms with Gasteiger partial charge in [0.1, 0.15) is 70.3 Å². The summed E-state index contributed by atoms with van der Waals surface area (Å²) in [6, 6.07) is 29.2. The van der Waals surface area contributed by atoms with E-state index in [4.69, 9.17) is 34.6 Å². The van der Waals surface area contributed by atoms with E-state index in [-0.39, 0.29) is 106 Å². The molecule has 0 unspecified atom stereocenters. The second-order valence-electron chi connectivity index (χ2n) is 13.9. The largest absolute Gasteiger partial charge is 1.00 e. The van der Waals surface area contributed by atoms with E-state index >= 15 is 0 Å². The molecule has 7 rings (SSSR count). The van der Waals surface area contributed by atoms with Crippen LogP contribution in [0.4, 0.5) is 0 Å². The average molecular weight is 856 g/mol. The summed E-state index contributed by atoms with van der Waals surface area (Å²) < 4.78 is 27.7. The molecule has 0 radical (unpaired) electrons. The molecule has 1 fully saturated rings. The Labute approximate surface area is 394 Å². The van der Waals surface area contributed by atoms with Gasteiger partial charge in [0, 0.05) is 29.8 Å². The number of carbonyl (C=O) groups excluding carboxylic acids is 2. The smallest absolute Gasteiger partial charge is 0.542 e. The summed E-state index contributed by atoms with van der Waals surface area (Å²) in [5, 5.41) is 32.9. The SMILES string of the molecule is CN1CCC[C@@H]1CCO[C@](C)(c1ccccc1)c1ccc(Cl)cc1.O=C([O-])c1cc(=O)c2c(OCC(O)COc3cccc4oc(C(=O)[O-])cc(=O)c34)cccc2o1.[Na+].[Na+]. The fourth-order valence-electron chi connectivity index (χ4n) is 6.82. The van der Waals surface area contributed by atoms with Crippen molar-refractivity contribution < 1.29 is 107 Å².